The summed E-state index contributed by atoms with van der Waals surface area (Å²) in [4.78, 5) is 21.7. The number of hydrazone groups is 1. The number of morpholine rings is 1. The van der Waals surface area contributed by atoms with E-state index in [0.29, 0.717) is 37.4 Å². The Bertz CT molecular complexity index is 1080. The first-order valence-corrected chi connectivity index (χ1v) is 12.3. The van der Waals surface area contributed by atoms with Gasteiger partial charge in [0.25, 0.3) is 0 Å². The zero-order valence-corrected chi connectivity index (χ0v) is 20.0. The Morgan fingerprint density at radius 1 is 1.14 bits per heavy atom. The van der Waals surface area contributed by atoms with Crippen LogP contribution in [-0.4, -0.2) is 90.6 Å². The molecule has 0 aliphatic carbocycles. The lowest BCUT2D eigenvalue weighted by molar-refractivity contribution is 0.0398. The second kappa shape index (κ2) is 11.2. The van der Waals surface area contributed by atoms with E-state index in [-0.39, 0.29) is 12.1 Å². The summed E-state index contributed by atoms with van der Waals surface area (Å²) in [6.45, 7) is 6.00. The first-order valence-electron chi connectivity index (χ1n) is 12.3. The van der Waals surface area contributed by atoms with E-state index in [4.69, 9.17) is 9.47 Å². The highest BCUT2D eigenvalue weighted by atomic mass is 19.1. The lowest BCUT2D eigenvalue weighted by Gasteiger charge is -2.27. The predicted octanol–water partition coefficient (Wildman–Crippen LogP) is 3.11. The molecule has 2 fully saturated rings. The van der Waals surface area contributed by atoms with E-state index < -0.39 is 17.7 Å². The van der Waals surface area contributed by atoms with E-state index >= 15 is 0 Å². The normalized spacial score (nSPS) is 22.3. The lowest BCUT2D eigenvalue weighted by Crippen LogP contribution is -2.40. The van der Waals surface area contributed by atoms with Gasteiger partial charge in [-0.2, -0.15) is 10.1 Å². The van der Waals surface area contributed by atoms with Crippen molar-refractivity contribution in [2.75, 3.05) is 57.8 Å². The van der Waals surface area contributed by atoms with Gasteiger partial charge in [-0.3, -0.25) is 4.90 Å². The molecule has 1 aromatic carbocycles. The molecule has 0 saturated carbocycles. The Morgan fingerprint density at radius 2 is 1.94 bits per heavy atom. The highest BCUT2D eigenvalue weighted by molar-refractivity contribution is 5.78. The first kappa shape index (κ1) is 24.4. The fourth-order valence-corrected chi connectivity index (χ4v) is 4.70. The van der Waals surface area contributed by atoms with Crippen molar-refractivity contribution in [3.63, 3.8) is 0 Å². The maximum Gasteiger partial charge on any atom is 0.341 e. The lowest BCUT2D eigenvalue weighted by atomic mass is 10.0. The second-order valence-corrected chi connectivity index (χ2v) is 9.10. The number of urea groups is 1. The molecular formula is C25H30F2N6O3. The largest absolute Gasteiger partial charge is 0.472 e. The molecule has 192 valence electrons. The maximum atomic E-state index is 13.7. The average molecular weight is 501 g/mol. The minimum atomic E-state index is -0.677. The van der Waals surface area contributed by atoms with Crippen LogP contribution in [0.5, 0.6) is 5.88 Å². The van der Waals surface area contributed by atoms with Crippen LogP contribution in [0.15, 0.2) is 41.5 Å². The van der Waals surface area contributed by atoms with Crippen LogP contribution in [0, 0.1) is 11.6 Å². The Labute approximate surface area is 208 Å². The fourth-order valence-electron chi connectivity index (χ4n) is 4.70. The quantitative estimate of drug-likeness (QED) is 0.629. The number of hydrogen-bond donors (Lipinski definition) is 1. The third-order valence-corrected chi connectivity index (χ3v) is 6.56. The van der Waals surface area contributed by atoms with Gasteiger partial charge < -0.3 is 19.7 Å². The summed E-state index contributed by atoms with van der Waals surface area (Å²) < 4.78 is 38.9. The second-order valence-electron chi connectivity index (χ2n) is 9.10. The number of nitrogens with one attached hydrogen (secondary N) is 1. The predicted molar refractivity (Wildman–Crippen MR) is 130 cm³/mol. The van der Waals surface area contributed by atoms with Crippen LogP contribution in [-0.2, 0) is 4.74 Å². The summed E-state index contributed by atoms with van der Waals surface area (Å²) in [5.41, 5.74) is 0.382. The van der Waals surface area contributed by atoms with Crippen LogP contribution in [0.1, 0.15) is 24.4 Å². The molecule has 0 bridgehead atoms. The van der Waals surface area contributed by atoms with E-state index in [9.17, 15) is 13.6 Å². The number of benzene rings is 1. The van der Waals surface area contributed by atoms with E-state index in [1.165, 1.54) is 17.1 Å². The third kappa shape index (κ3) is 5.90. The highest BCUT2D eigenvalue weighted by Gasteiger charge is 2.36. The van der Waals surface area contributed by atoms with Gasteiger partial charge in [0.15, 0.2) is 0 Å². The van der Waals surface area contributed by atoms with Crippen molar-refractivity contribution in [1.29, 1.82) is 0 Å². The molecule has 1 N–H and O–H groups in total. The van der Waals surface area contributed by atoms with Crippen LogP contribution in [0.25, 0.3) is 0 Å². The Hall–Kier alpha value is -3.31. The van der Waals surface area contributed by atoms with Crippen molar-refractivity contribution in [3.8, 4) is 5.88 Å². The third-order valence-electron chi connectivity index (χ3n) is 6.56. The van der Waals surface area contributed by atoms with Gasteiger partial charge in [-0.25, -0.2) is 18.6 Å². The molecule has 0 radical (unpaired) electrons. The number of pyridine rings is 1. The minimum absolute atomic E-state index is 0.207. The molecule has 0 unspecified atom stereocenters. The molecule has 2 saturated heterocycles. The van der Waals surface area contributed by atoms with E-state index in [1.807, 2.05) is 12.1 Å². The fraction of sp³-hybridized carbons (Fsp3) is 0.480. The molecule has 9 nitrogen and oxygen atoms in total. The van der Waals surface area contributed by atoms with E-state index in [1.54, 1.807) is 17.2 Å². The number of likely N-dealkylation sites (tertiary alicyclic amines) is 1. The molecule has 2 atom stereocenters. The van der Waals surface area contributed by atoms with Crippen LogP contribution in [0.3, 0.4) is 0 Å². The van der Waals surface area contributed by atoms with E-state index in [2.05, 4.69) is 20.3 Å². The van der Waals surface area contributed by atoms with Crippen molar-refractivity contribution >= 4 is 18.1 Å². The molecule has 1 aromatic heterocycles. The van der Waals surface area contributed by atoms with Crippen molar-refractivity contribution < 1.29 is 23.0 Å². The number of carbonyl (C=O) groups excluding carboxylic acids is 1. The molecule has 2 aromatic rings. The zero-order chi connectivity index (χ0) is 24.9. The molecule has 2 amide bonds. The summed E-state index contributed by atoms with van der Waals surface area (Å²) >= 11 is 0. The summed E-state index contributed by atoms with van der Waals surface area (Å²) in [7, 11) is 0. The van der Waals surface area contributed by atoms with Crippen LogP contribution < -0.4 is 10.1 Å². The summed E-state index contributed by atoms with van der Waals surface area (Å²) in [6, 6.07) is 8.04. The van der Waals surface area contributed by atoms with Gasteiger partial charge >= 0.3 is 6.03 Å². The summed E-state index contributed by atoms with van der Waals surface area (Å²) in [6.07, 6.45) is 2.44. The number of aromatic nitrogens is 1. The number of anilines is 1. The van der Waals surface area contributed by atoms with Crippen molar-refractivity contribution in [2.24, 2.45) is 5.10 Å². The van der Waals surface area contributed by atoms with Gasteiger partial charge in [-0.05, 0) is 23.8 Å². The molecule has 0 spiro atoms. The molecule has 11 heteroatoms. The molecular weight excluding hydrogens is 470 g/mol. The number of nitrogens with zero attached hydrogens (tertiary/aromatic N) is 5. The monoisotopic (exact) mass is 500 g/mol. The number of halogens is 2. The molecule has 3 aliphatic rings. The van der Waals surface area contributed by atoms with Crippen molar-refractivity contribution in [1.82, 2.24) is 19.8 Å². The summed E-state index contributed by atoms with van der Waals surface area (Å²) in [5.74, 6) is -0.116. The standard InChI is InChI=1S/C25H30F2N6O3/c26-19-14-18(15-20(27)16-19)22-4-6-29-33(22)25(34)32-8-5-21(17-32)36-24-3-1-2-23(30-24)28-7-9-31-10-12-35-13-11-31/h1-3,6,14-16,21-22H,4-5,7-13,17H2,(H,28,30)/t21-,22+/m1/s1. The summed E-state index contributed by atoms with van der Waals surface area (Å²) in [5, 5.41) is 8.82. The number of amides is 2. The van der Waals surface area contributed by atoms with Gasteiger partial charge in [0.05, 0.1) is 25.8 Å². The Balaban J connectivity index is 1.13. The van der Waals surface area contributed by atoms with E-state index in [0.717, 1.165) is 51.3 Å². The maximum absolute atomic E-state index is 13.7. The smallest absolute Gasteiger partial charge is 0.341 e. The minimum Gasteiger partial charge on any atom is -0.472 e. The Morgan fingerprint density at radius 3 is 2.75 bits per heavy atom. The van der Waals surface area contributed by atoms with Crippen molar-refractivity contribution in [2.45, 2.75) is 25.0 Å². The number of hydrogen-bond acceptors (Lipinski definition) is 7. The van der Waals surface area contributed by atoms with Crippen LogP contribution in [0.4, 0.5) is 19.4 Å². The van der Waals surface area contributed by atoms with Crippen LogP contribution >= 0.6 is 0 Å². The molecule has 5 rings (SSSR count). The number of rotatable bonds is 7. The van der Waals surface area contributed by atoms with Gasteiger partial charge in [-0.1, -0.05) is 6.07 Å². The van der Waals surface area contributed by atoms with Crippen LogP contribution in [0.2, 0.25) is 0 Å². The molecule has 3 aliphatic heterocycles. The van der Waals surface area contributed by atoms with Gasteiger partial charge in [0, 0.05) is 63.9 Å². The Kier molecular flexibility index (Phi) is 7.57. The van der Waals surface area contributed by atoms with Gasteiger partial charge in [0.2, 0.25) is 5.88 Å². The number of carbonyl (C=O) groups is 1. The van der Waals surface area contributed by atoms with Gasteiger partial charge in [-0.15, -0.1) is 0 Å². The molecule has 4 heterocycles. The first-order chi connectivity index (χ1) is 17.5. The molecule has 36 heavy (non-hydrogen) atoms. The number of ether oxygens (including phenoxy) is 2. The topological polar surface area (TPSA) is 82.5 Å². The van der Waals surface area contributed by atoms with Gasteiger partial charge in [0.1, 0.15) is 23.6 Å². The average Bonchev–Trinajstić information content (AvgIpc) is 3.54. The highest BCUT2D eigenvalue weighted by Crippen LogP contribution is 2.31. The SMILES string of the molecule is O=C(N1CC[C@@H](Oc2cccc(NCCN3CCOCC3)n2)C1)N1N=CC[C@H]1c1cc(F)cc(F)c1. The van der Waals surface area contributed by atoms with Crippen molar-refractivity contribution in [3.05, 3.63) is 53.6 Å². The zero-order valence-electron chi connectivity index (χ0n) is 20.0.